The molecule has 2 aliphatic heterocycles. The molecule has 0 saturated heterocycles. The van der Waals surface area contributed by atoms with Crippen molar-refractivity contribution < 1.29 is 0 Å². The fourth-order valence-corrected chi connectivity index (χ4v) is 5.97. The van der Waals surface area contributed by atoms with Crippen molar-refractivity contribution >= 4 is 6.21 Å². The van der Waals surface area contributed by atoms with Crippen molar-refractivity contribution in [1.82, 2.24) is 0 Å². The van der Waals surface area contributed by atoms with Crippen molar-refractivity contribution in [3.05, 3.63) is 0 Å². The molecule has 88 valence electrons. The van der Waals surface area contributed by atoms with E-state index in [9.17, 15) is 0 Å². The molecule has 1 spiro atoms. The van der Waals surface area contributed by atoms with Gasteiger partial charge in [-0.2, -0.15) is 0 Å². The Morgan fingerprint density at radius 1 is 1.06 bits per heavy atom. The molecule has 1 nitrogen and oxygen atoms in total. The first-order valence-corrected chi connectivity index (χ1v) is 7.19. The molecule has 5 atom stereocenters. The highest BCUT2D eigenvalue weighted by Gasteiger charge is 2.65. The number of hydrogen-bond acceptors (Lipinski definition) is 1. The van der Waals surface area contributed by atoms with Crippen LogP contribution in [-0.4, -0.2) is 12.3 Å². The van der Waals surface area contributed by atoms with E-state index in [2.05, 4.69) is 20.1 Å². The predicted molar refractivity (Wildman–Crippen MR) is 66.7 cm³/mol. The van der Waals surface area contributed by atoms with Gasteiger partial charge in [0.05, 0.1) is 6.04 Å². The quantitative estimate of drug-likeness (QED) is 0.587. The van der Waals surface area contributed by atoms with E-state index in [1.165, 1.54) is 38.5 Å². The van der Waals surface area contributed by atoms with Crippen molar-refractivity contribution in [3.8, 4) is 0 Å². The van der Waals surface area contributed by atoms with Crippen LogP contribution < -0.4 is 0 Å². The van der Waals surface area contributed by atoms with E-state index in [0.29, 0.717) is 16.9 Å². The van der Waals surface area contributed by atoms with E-state index < -0.39 is 0 Å². The summed E-state index contributed by atoms with van der Waals surface area (Å²) >= 11 is 0. The standard InChI is InChI=1S/C15H23N/c1-14(2)11-6-4-8-15-7-3-5-10(15)12(14)9-16-13(11)15/h9-13H,3-8H2,1-2H3/t10-,11-,12+,13+,15+/m0/s1. The van der Waals surface area contributed by atoms with Gasteiger partial charge in [0.1, 0.15) is 0 Å². The molecular formula is C15H23N. The van der Waals surface area contributed by atoms with Gasteiger partial charge >= 0.3 is 0 Å². The fraction of sp³-hybridized carbons (Fsp3) is 0.933. The number of rotatable bonds is 0. The van der Waals surface area contributed by atoms with Crippen molar-refractivity contribution in [3.63, 3.8) is 0 Å². The summed E-state index contributed by atoms with van der Waals surface area (Å²) in [6, 6.07) is 0.703. The van der Waals surface area contributed by atoms with Crippen LogP contribution in [0, 0.1) is 28.6 Å². The molecule has 0 aromatic carbocycles. The van der Waals surface area contributed by atoms with Gasteiger partial charge in [0.2, 0.25) is 0 Å². The molecule has 5 aliphatic rings. The summed E-state index contributed by atoms with van der Waals surface area (Å²) in [6.45, 7) is 5.04. The molecule has 1 heteroatoms. The highest BCUT2D eigenvalue weighted by molar-refractivity contribution is 5.66. The number of nitrogens with zero attached hydrogens (tertiary/aromatic N) is 1. The SMILES string of the molecule is CC1(C)[C@@H]2C=N[C@@H]3[C@@H]1CCC[C@@]31CCC[C@@H]21. The lowest BCUT2D eigenvalue weighted by Gasteiger charge is -2.64. The first-order valence-electron chi connectivity index (χ1n) is 7.19. The molecule has 0 aromatic rings. The topological polar surface area (TPSA) is 12.4 Å². The third-order valence-corrected chi connectivity index (χ3v) is 6.68. The van der Waals surface area contributed by atoms with Crippen LogP contribution in [0.15, 0.2) is 4.99 Å². The summed E-state index contributed by atoms with van der Waals surface area (Å²) < 4.78 is 0. The minimum Gasteiger partial charge on any atom is -0.293 e. The lowest BCUT2D eigenvalue weighted by Crippen LogP contribution is -2.63. The second-order valence-corrected chi connectivity index (χ2v) is 7.32. The third-order valence-electron chi connectivity index (χ3n) is 6.68. The van der Waals surface area contributed by atoms with Crippen LogP contribution >= 0.6 is 0 Å². The van der Waals surface area contributed by atoms with Crippen LogP contribution in [0.5, 0.6) is 0 Å². The maximum absolute atomic E-state index is 4.99. The third kappa shape index (κ3) is 0.855. The Morgan fingerprint density at radius 3 is 2.50 bits per heavy atom. The first-order chi connectivity index (χ1) is 7.66. The summed E-state index contributed by atoms with van der Waals surface area (Å²) in [5.41, 5.74) is 1.20. The Bertz CT molecular complexity index is 356. The summed E-state index contributed by atoms with van der Waals surface area (Å²) in [6.07, 6.45) is 11.2. The van der Waals surface area contributed by atoms with E-state index >= 15 is 0 Å². The van der Waals surface area contributed by atoms with Gasteiger partial charge in [-0.1, -0.05) is 26.7 Å². The highest BCUT2D eigenvalue weighted by atomic mass is 14.9. The van der Waals surface area contributed by atoms with Crippen LogP contribution in [0.2, 0.25) is 0 Å². The average Bonchev–Trinajstić information content (AvgIpc) is 2.67. The summed E-state index contributed by atoms with van der Waals surface area (Å²) in [7, 11) is 0. The van der Waals surface area contributed by atoms with Crippen LogP contribution in [0.4, 0.5) is 0 Å². The van der Waals surface area contributed by atoms with E-state index in [1.54, 1.807) is 0 Å². The largest absolute Gasteiger partial charge is 0.293 e. The molecule has 0 aromatic heterocycles. The molecule has 3 aliphatic carbocycles. The van der Waals surface area contributed by atoms with Crippen LogP contribution in [0.25, 0.3) is 0 Å². The van der Waals surface area contributed by atoms with Crippen LogP contribution in [-0.2, 0) is 0 Å². The smallest absolute Gasteiger partial charge is 0.0588 e. The van der Waals surface area contributed by atoms with Crippen molar-refractivity contribution in [2.75, 3.05) is 0 Å². The molecule has 0 N–H and O–H groups in total. The maximum atomic E-state index is 4.99. The fourth-order valence-electron chi connectivity index (χ4n) is 5.97. The molecule has 16 heavy (non-hydrogen) atoms. The molecule has 3 saturated carbocycles. The zero-order valence-corrected chi connectivity index (χ0v) is 10.6. The van der Waals surface area contributed by atoms with Gasteiger partial charge < -0.3 is 0 Å². The van der Waals surface area contributed by atoms with Gasteiger partial charge in [0, 0.05) is 12.1 Å². The molecule has 4 bridgehead atoms. The monoisotopic (exact) mass is 217 g/mol. The van der Waals surface area contributed by atoms with Gasteiger partial charge in [-0.15, -0.1) is 0 Å². The average molecular weight is 217 g/mol. The maximum Gasteiger partial charge on any atom is 0.0588 e. The van der Waals surface area contributed by atoms with E-state index in [0.717, 1.165) is 17.8 Å². The van der Waals surface area contributed by atoms with E-state index in [1.807, 2.05) is 0 Å². The summed E-state index contributed by atoms with van der Waals surface area (Å²) in [5.74, 6) is 2.68. The molecule has 0 unspecified atom stereocenters. The predicted octanol–water partition coefficient (Wildman–Crippen LogP) is 3.68. The molecular weight excluding hydrogens is 194 g/mol. The molecule has 0 radical (unpaired) electrons. The van der Waals surface area contributed by atoms with Gasteiger partial charge in [-0.25, -0.2) is 0 Å². The van der Waals surface area contributed by atoms with Crippen molar-refractivity contribution in [1.29, 1.82) is 0 Å². The Balaban J connectivity index is 1.90. The Labute approximate surface area is 98.7 Å². The summed E-state index contributed by atoms with van der Waals surface area (Å²) in [5, 5.41) is 0. The Kier molecular flexibility index (Phi) is 1.65. The van der Waals surface area contributed by atoms with Gasteiger partial charge in [0.15, 0.2) is 0 Å². The summed E-state index contributed by atoms with van der Waals surface area (Å²) in [4.78, 5) is 4.99. The minimum atomic E-state index is 0.533. The van der Waals surface area contributed by atoms with Gasteiger partial charge in [0.25, 0.3) is 0 Å². The second kappa shape index (κ2) is 2.73. The first kappa shape index (κ1) is 9.67. The van der Waals surface area contributed by atoms with E-state index in [4.69, 9.17) is 4.99 Å². The Hall–Kier alpha value is -0.330. The normalized spacial score (nSPS) is 56.4. The van der Waals surface area contributed by atoms with Crippen LogP contribution in [0.1, 0.15) is 52.4 Å². The zero-order chi connectivity index (χ0) is 11.0. The second-order valence-electron chi connectivity index (χ2n) is 7.32. The molecule has 2 heterocycles. The van der Waals surface area contributed by atoms with E-state index in [-0.39, 0.29) is 0 Å². The minimum absolute atomic E-state index is 0.533. The van der Waals surface area contributed by atoms with Crippen LogP contribution in [0.3, 0.4) is 0 Å². The highest BCUT2D eigenvalue weighted by Crippen LogP contribution is 2.69. The van der Waals surface area contributed by atoms with Gasteiger partial charge in [-0.3, -0.25) is 4.99 Å². The number of hydrogen-bond donors (Lipinski definition) is 0. The van der Waals surface area contributed by atoms with Crippen molar-refractivity contribution in [2.45, 2.75) is 58.4 Å². The molecule has 5 rings (SSSR count). The Morgan fingerprint density at radius 2 is 1.75 bits per heavy atom. The lowest BCUT2D eigenvalue weighted by molar-refractivity contribution is -0.0997. The zero-order valence-electron chi connectivity index (χ0n) is 10.6. The molecule has 3 fully saturated rings. The molecule has 0 amide bonds. The van der Waals surface area contributed by atoms with Crippen molar-refractivity contribution in [2.24, 2.45) is 33.6 Å². The lowest BCUT2D eigenvalue weighted by atomic mass is 9.43. The number of aliphatic imine (C=N–C) groups is 1. The van der Waals surface area contributed by atoms with Gasteiger partial charge in [-0.05, 0) is 48.3 Å².